The van der Waals surface area contributed by atoms with Crippen molar-refractivity contribution in [1.29, 1.82) is 10.5 Å². The van der Waals surface area contributed by atoms with Crippen LogP contribution in [0.2, 0.25) is 0 Å². The fourth-order valence-corrected chi connectivity index (χ4v) is 3.40. The van der Waals surface area contributed by atoms with E-state index in [1.54, 1.807) is 30.3 Å². The minimum atomic E-state index is -4.63. The van der Waals surface area contributed by atoms with Gasteiger partial charge in [-0.25, -0.2) is 0 Å². The fraction of sp³-hybridized carbons (Fsp3) is 0.348. The zero-order chi connectivity index (χ0) is 23.1. The van der Waals surface area contributed by atoms with E-state index in [9.17, 15) is 23.2 Å². The van der Waals surface area contributed by atoms with Gasteiger partial charge < -0.3 is 15.4 Å². The van der Waals surface area contributed by atoms with E-state index in [-0.39, 0.29) is 12.3 Å². The Bertz CT molecular complexity index is 1030. The summed E-state index contributed by atoms with van der Waals surface area (Å²) in [5.41, 5.74) is 0.192. The first kappa shape index (κ1) is 23.3. The zero-order valence-corrected chi connectivity index (χ0v) is 17.1. The fourth-order valence-electron chi connectivity index (χ4n) is 3.40. The van der Waals surface area contributed by atoms with Crippen molar-refractivity contribution in [3.05, 3.63) is 59.2 Å². The molecule has 1 amide bonds. The molecule has 0 spiro atoms. The summed E-state index contributed by atoms with van der Waals surface area (Å²) in [7, 11) is 0. The number of nitrogens with one attached hydrogen (secondary N) is 2. The molecule has 1 aliphatic heterocycles. The monoisotopic (exact) mass is 442 g/mol. The molecule has 32 heavy (non-hydrogen) atoms. The molecule has 3 rings (SSSR count). The normalized spacial score (nSPS) is 17.5. The Morgan fingerprint density at radius 2 is 1.91 bits per heavy atom. The van der Waals surface area contributed by atoms with Crippen molar-refractivity contribution >= 4 is 5.91 Å². The highest BCUT2D eigenvalue weighted by Crippen LogP contribution is 2.34. The van der Waals surface area contributed by atoms with E-state index in [0.29, 0.717) is 24.3 Å². The Morgan fingerprint density at radius 1 is 1.19 bits per heavy atom. The quantitative estimate of drug-likeness (QED) is 0.741. The van der Waals surface area contributed by atoms with Gasteiger partial charge in [-0.15, -0.1) is 0 Å². The van der Waals surface area contributed by atoms with Crippen LogP contribution >= 0.6 is 0 Å². The molecule has 9 heteroatoms. The topological polar surface area (TPSA) is 97.9 Å². The summed E-state index contributed by atoms with van der Waals surface area (Å²) in [6, 6.07) is 13.1. The van der Waals surface area contributed by atoms with Crippen LogP contribution in [0.1, 0.15) is 23.1 Å². The van der Waals surface area contributed by atoms with Crippen LogP contribution < -0.4 is 10.6 Å². The van der Waals surface area contributed by atoms with Gasteiger partial charge in [0.2, 0.25) is 0 Å². The molecule has 2 aromatic carbocycles. The zero-order valence-electron chi connectivity index (χ0n) is 17.1. The van der Waals surface area contributed by atoms with Gasteiger partial charge in [0.1, 0.15) is 12.1 Å². The molecule has 2 atom stereocenters. The molecule has 0 aliphatic carbocycles. The second-order valence-corrected chi connectivity index (χ2v) is 7.38. The third-order valence-corrected chi connectivity index (χ3v) is 5.08. The minimum absolute atomic E-state index is 0.240. The number of halogens is 3. The average Bonchev–Trinajstić information content (AvgIpc) is 3.08. The van der Waals surface area contributed by atoms with Crippen molar-refractivity contribution in [2.24, 2.45) is 0 Å². The summed E-state index contributed by atoms with van der Waals surface area (Å²) in [5.74, 6) is -0.361. The van der Waals surface area contributed by atoms with Crippen molar-refractivity contribution in [3.8, 4) is 23.3 Å². The predicted molar refractivity (Wildman–Crippen MR) is 110 cm³/mol. The van der Waals surface area contributed by atoms with Gasteiger partial charge in [-0.1, -0.05) is 30.3 Å². The summed E-state index contributed by atoms with van der Waals surface area (Å²) < 4.78 is 45.1. The van der Waals surface area contributed by atoms with E-state index in [4.69, 9.17) is 10.00 Å². The largest absolute Gasteiger partial charge is 0.417 e. The van der Waals surface area contributed by atoms with Gasteiger partial charge in [-0.3, -0.25) is 4.79 Å². The van der Waals surface area contributed by atoms with E-state index >= 15 is 0 Å². The number of amides is 1. The molecule has 1 saturated heterocycles. The molecule has 0 radical (unpaired) electrons. The number of ether oxygens (including phenoxy) is 1. The SMILES string of the molecule is N#Cc1ccc(-c2ccc(C[C@@H](C#N)NC(=O)[C@@H]3CNCCCO3)cc2)cc1C(F)(F)F. The van der Waals surface area contributed by atoms with Gasteiger partial charge in [0.05, 0.1) is 23.3 Å². The standard InChI is InChI=1S/C23H21F3N4O2/c24-23(25,26)20-11-17(6-7-18(20)12-27)16-4-2-15(3-5-16)10-19(13-28)30-22(31)21-14-29-8-1-9-32-21/h2-7,11,19,21,29H,1,8-10,14H2,(H,30,31)/t19-,21-/m0/s1. The Hall–Kier alpha value is -3.40. The number of carbonyl (C=O) groups excluding carboxylic acids is 1. The van der Waals surface area contributed by atoms with E-state index in [2.05, 4.69) is 16.7 Å². The number of hydrogen-bond acceptors (Lipinski definition) is 5. The molecule has 1 heterocycles. The van der Waals surface area contributed by atoms with Crippen molar-refractivity contribution < 1.29 is 22.7 Å². The maximum atomic E-state index is 13.2. The van der Waals surface area contributed by atoms with Crippen molar-refractivity contribution in [2.75, 3.05) is 19.7 Å². The van der Waals surface area contributed by atoms with Crippen LogP contribution in [0.25, 0.3) is 11.1 Å². The van der Waals surface area contributed by atoms with Crippen LogP contribution in [-0.2, 0) is 22.1 Å². The Morgan fingerprint density at radius 3 is 2.56 bits per heavy atom. The van der Waals surface area contributed by atoms with Crippen LogP contribution in [0.5, 0.6) is 0 Å². The van der Waals surface area contributed by atoms with Gasteiger partial charge >= 0.3 is 6.18 Å². The van der Waals surface area contributed by atoms with Crippen molar-refractivity contribution in [2.45, 2.75) is 31.2 Å². The molecule has 2 aromatic rings. The molecule has 0 aromatic heterocycles. The predicted octanol–water partition coefficient (Wildman–Crippen LogP) is 3.17. The van der Waals surface area contributed by atoms with Crippen LogP contribution in [0.15, 0.2) is 42.5 Å². The first-order valence-electron chi connectivity index (χ1n) is 10.0. The number of nitrogens with zero attached hydrogens (tertiary/aromatic N) is 2. The minimum Gasteiger partial charge on any atom is -0.367 e. The van der Waals surface area contributed by atoms with E-state index in [1.165, 1.54) is 6.07 Å². The van der Waals surface area contributed by atoms with Gasteiger partial charge in [-0.2, -0.15) is 23.7 Å². The maximum absolute atomic E-state index is 13.2. The lowest BCUT2D eigenvalue weighted by Crippen LogP contribution is -2.46. The summed E-state index contributed by atoms with van der Waals surface area (Å²) in [5, 5.41) is 24.1. The molecule has 2 N–H and O–H groups in total. The number of carbonyl (C=O) groups is 1. The van der Waals surface area contributed by atoms with Gasteiger partial charge in [0.15, 0.2) is 0 Å². The molecule has 6 nitrogen and oxygen atoms in total. The van der Waals surface area contributed by atoms with E-state index in [1.807, 2.05) is 0 Å². The van der Waals surface area contributed by atoms with Gasteiger partial charge in [-0.05, 0) is 41.8 Å². The maximum Gasteiger partial charge on any atom is 0.417 e. The summed E-state index contributed by atoms with van der Waals surface area (Å²) in [6.45, 7) is 1.61. The third kappa shape index (κ3) is 5.85. The Labute approximate surface area is 183 Å². The van der Waals surface area contributed by atoms with E-state index in [0.717, 1.165) is 30.7 Å². The third-order valence-electron chi connectivity index (χ3n) is 5.08. The molecule has 0 unspecified atom stereocenters. The number of rotatable bonds is 5. The highest BCUT2D eigenvalue weighted by atomic mass is 19.4. The van der Waals surface area contributed by atoms with Crippen LogP contribution in [-0.4, -0.2) is 37.7 Å². The molecule has 1 aliphatic rings. The average molecular weight is 442 g/mol. The van der Waals surface area contributed by atoms with Gasteiger partial charge in [0, 0.05) is 19.6 Å². The summed E-state index contributed by atoms with van der Waals surface area (Å²) in [4.78, 5) is 12.4. The summed E-state index contributed by atoms with van der Waals surface area (Å²) in [6.07, 6.45) is -4.24. The lowest BCUT2D eigenvalue weighted by Gasteiger charge is -2.18. The smallest absolute Gasteiger partial charge is 0.367 e. The van der Waals surface area contributed by atoms with E-state index < -0.39 is 29.4 Å². The Kier molecular flexibility index (Phi) is 7.47. The van der Waals surface area contributed by atoms with Crippen LogP contribution in [0.3, 0.4) is 0 Å². The van der Waals surface area contributed by atoms with Gasteiger partial charge in [0.25, 0.3) is 5.91 Å². The summed E-state index contributed by atoms with van der Waals surface area (Å²) >= 11 is 0. The van der Waals surface area contributed by atoms with Crippen LogP contribution in [0.4, 0.5) is 13.2 Å². The molecular weight excluding hydrogens is 421 g/mol. The molecule has 0 bridgehead atoms. The molecule has 0 saturated carbocycles. The molecule has 1 fully saturated rings. The second kappa shape index (κ2) is 10.3. The van der Waals surface area contributed by atoms with Crippen molar-refractivity contribution in [3.63, 3.8) is 0 Å². The van der Waals surface area contributed by atoms with Crippen LogP contribution in [0, 0.1) is 22.7 Å². The molecular formula is C23H21F3N4O2. The lowest BCUT2D eigenvalue weighted by molar-refractivity contribution is -0.137. The second-order valence-electron chi connectivity index (χ2n) is 7.38. The molecule has 166 valence electrons. The number of nitriles is 2. The lowest BCUT2D eigenvalue weighted by atomic mass is 9.97. The highest BCUT2D eigenvalue weighted by molar-refractivity contribution is 5.81. The Balaban J connectivity index is 1.69. The highest BCUT2D eigenvalue weighted by Gasteiger charge is 2.34. The first-order chi connectivity index (χ1) is 15.3. The number of hydrogen-bond donors (Lipinski definition) is 2. The van der Waals surface area contributed by atoms with Crippen molar-refractivity contribution in [1.82, 2.24) is 10.6 Å². The number of alkyl halides is 3. The number of benzene rings is 2. The first-order valence-corrected chi connectivity index (χ1v) is 10.0.